The Morgan fingerprint density at radius 2 is 1.25 bits per heavy atom. The third-order valence-electron chi connectivity index (χ3n) is 6.46. The lowest BCUT2D eigenvalue weighted by Gasteiger charge is -2.28. The van der Waals surface area contributed by atoms with Crippen LogP contribution in [0, 0.1) is 11.8 Å². The first-order chi connectivity index (χ1) is 15.5. The molecule has 1 aliphatic rings. The summed E-state index contributed by atoms with van der Waals surface area (Å²) in [4.78, 5) is 27.9. The van der Waals surface area contributed by atoms with Crippen molar-refractivity contribution < 1.29 is 19.1 Å². The van der Waals surface area contributed by atoms with Crippen LogP contribution in [0.25, 0.3) is 0 Å². The van der Waals surface area contributed by atoms with Crippen LogP contribution in [-0.2, 0) is 0 Å². The first-order valence-electron chi connectivity index (χ1n) is 11.4. The quantitative estimate of drug-likeness (QED) is 0.582. The second kappa shape index (κ2) is 11.7. The number of nitrogens with zero attached hydrogens (tertiary/aromatic N) is 1. The van der Waals surface area contributed by atoms with Gasteiger partial charge in [-0.05, 0) is 92.6 Å². The van der Waals surface area contributed by atoms with Gasteiger partial charge in [0.25, 0.3) is 11.8 Å². The number of carbonyl (C=O) groups excluding carboxylic acids is 2. The summed E-state index contributed by atoms with van der Waals surface area (Å²) in [5, 5.41) is 0. The van der Waals surface area contributed by atoms with E-state index in [1.54, 1.807) is 62.8 Å². The second-order valence-corrected chi connectivity index (χ2v) is 8.48. The van der Waals surface area contributed by atoms with E-state index in [0.717, 1.165) is 19.4 Å². The van der Waals surface area contributed by atoms with Crippen molar-refractivity contribution in [1.29, 1.82) is 0 Å². The fourth-order valence-electron chi connectivity index (χ4n) is 4.37. The smallest absolute Gasteiger partial charge is 0.260 e. The first-order valence-corrected chi connectivity index (χ1v) is 11.4. The zero-order valence-electron chi connectivity index (χ0n) is 19.1. The lowest BCUT2D eigenvalue weighted by atomic mass is 9.80. The van der Waals surface area contributed by atoms with E-state index in [1.165, 1.54) is 30.6 Å². The molecule has 2 aromatic carbocycles. The molecule has 3 rings (SSSR count). The monoisotopic (exact) mass is 438 g/mol. The van der Waals surface area contributed by atoms with Crippen molar-refractivity contribution in [2.45, 2.75) is 38.5 Å². The Balaban J connectivity index is 1.70. The van der Waals surface area contributed by atoms with Gasteiger partial charge in [-0.15, -0.1) is 0 Å². The average molecular weight is 439 g/mol. The topological polar surface area (TPSA) is 81.9 Å². The molecule has 1 aliphatic carbocycles. The highest BCUT2D eigenvalue weighted by Crippen LogP contribution is 2.31. The zero-order valence-corrected chi connectivity index (χ0v) is 19.1. The summed E-state index contributed by atoms with van der Waals surface area (Å²) in [6.45, 7) is 1.17. The molecule has 0 atom stereocenters. The number of imide groups is 1. The SMILES string of the molecule is COc1ccc(C(=O)N(CCCC2CCC(CN)CC2)C(=O)c2ccc(OC)cc2)cc1. The maximum Gasteiger partial charge on any atom is 0.260 e. The van der Waals surface area contributed by atoms with E-state index in [0.29, 0.717) is 41.0 Å². The van der Waals surface area contributed by atoms with Crippen LogP contribution < -0.4 is 15.2 Å². The van der Waals surface area contributed by atoms with E-state index < -0.39 is 0 Å². The predicted octanol–water partition coefficient (Wildman–Crippen LogP) is 4.53. The minimum absolute atomic E-state index is 0.291. The number of benzene rings is 2. The summed E-state index contributed by atoms with van der Waals surface area (Å²) < 4.78 is 10.4. The second-order valence-electron chi connectivity index (χ2n) is 8.48. The zero-order chi connectivity index (χ0) is 22.9. The Bertz CT molecular complexity index is 812. The lowest BCUT2D eigenvalue weighted by molar-refractivity contribution is 0.0610. The minimum atomic E-state index is -0.291. The van der Waals surface area contributed by atoms with Crippen LogP contribution in [0.4, 0.5) is 0 Å². The van der Waals surface area contributed by atoms with Crippen LogP contribution in [0.2, 0.25) is 0 Å². The number of rotatable bonds is 9. The van der Waals surface area contributed by atoms with Crippen molar-refractivity contribution in [2.75, 3.05) is 27.3 Å². The standard InChI is InChI=1S/C26H34N2O4/c1-31-23-13-9-21(10-14-23)25(29)28(26(30)22-11-15-24(32-2)16-12-22)17-3-4-19-5-7-20(18-27)8-6-19/h9-16,19-20H,3-8,17-18,27H2,1-2H3. The van der Waals surface area contributed by atoms with E-state index in [2.05, 4.69) is 0 Å². The van der Waals surface area contributed by atoms with Crippen molar-refractivity contribution in [3.8, 4) is 11.5 Å². The molecule has 0 saturated heterocycles. The van der Waals surface area contributed by atoms with Gasteiger partial charge >= 0.3 is 0 Å². The van der Waals surface area contributed by atoms with Gasteiger partial charge in [-0.2, -0.15) is 0 Å². The maximum absolute atomic E-state index is 13.3. The Morgan fingerprint density at radius 1 is 0.812 bits per heavy atom. The number of amides is 2. The molecular weight excluding hydrogens is 404 g/mol. The van der Waals surface area contributed by atoms with E-state index in [1.807, 2.05) is 0 Å². The Morgan fingerprint density at radius 3 is 1.66 bits per heavy atom. The van der Waals surface area contributed by atoms with E-state index in [9.17, 15) is 9.59 Å². The summed E-state index contributed by atoms with van der Waals surface area (Å²) in [5.41, 5.74) is 6.74. The van der Waals surface area contributed by atoms with Crippen LogP contribution in [0.15, 0.2) is 48.5 Å². The molecule has 1 saturated carbocycles. The van der Waals surface area contributed by atoms with Crippen molar-refractivity contribution in [3.05, 3.63) is 59.7 Å². The third-order valence-corrected chi connectivity index (χ3v) is 6.46. The summed E-state index contributed by atoms with van der Waals surface area (Å²) in [6, 6.07) is 13.7. The van der Waals surface area contributed by atoms with Gasteiger partial charge in [0, 0.05) is 17.7 Å². The predicted molar refractivity (Wildman–Crippen MR) is 125 cm³/mol. The highest BCUT2D eigenvalue weighted by atomic mass is 16.5. The molecule has 0 unspecified atom stereocenters. The molecule has 2 aromatic rings. The maximum atomic E-state index is 13.3. The fourth-order valence-corrected chi connectivity index (χ4v) is 4.37. The molecule has 0 bridgehead atoms. The van der Waals surface area contributed by atoms with Crippen LogP contribution >= 0.6 is 0 Å². The number of carbonyl (C=O) groups is 2. The van der Waals surface area contributed by atoms with Crippen LogP contribution in [0.3, 0.4) is 0 Å². The third kappa shape index (κ3) is 6.10. The lowest BCUT2D eigenvalue weighted by Crippen LogP contribution is -2.38. The number of ether oxygens (including phenoxy) is 2. The van der Waals surface area contributed by atoms with Crippen molar-refractivity contribution >= 4 is 11.8 Å². The minimum Gasteiger partial charge on any atom is -0.497 e. The average Bonchev–Trinajstić information content (AvgIpc) is 2.86. The number of methoxy groups -OCH3 is 2. The summed E-state index contributed by atoms with van der Waals surface area (Å²) in [6.07, 6.45) is 6.53. The van der Waals surface area contributed by atoms with Gasteiger partial charge in [0.15, 0.2) is 0 Å². The van der Waals surface area contributed by atoms with Gasteiger partial charge in [-0.25, -0.2) is 0 Å². The summed E-state index contributed by atoms with van der Waals surface area (Å²) in [5.74, 6) is 2.05. The number of hydrogen-bond donors (Lipinski definition) is 1. The number of nitrogens with two attached hydrogens (primary N) is 1. The molecule has 172 valence electrons. The molecule has 0 aromatic heterocycles. The molecule has 6 nitrogen and oxygen atoms in total. The van der Waals surface area contributed by atoms with Gasteiger partial charge in [0.1, 0.15) is 11.5 Å². The van der Waals surface area contributed by atoms with Crippen LogP contribution in [-0.4, -0.2) is 44.0 Å². The molecule has 6 heteroatoms. The van der Waals surface area contributed by atoms with Crippen LogP contribution in [0.1, 0.15) is 59.2 Å². The van der Waals surface area contributed by atoms with E-state index in [4.69, 9.17) is 15.2 Å². The van der Waals surface area contributed by atoms with Gasteiger partial charge in [-0.1, -0.05) is 12.8 Å². The molecule has 0 heterocycles. The van der Waals surface area contributed by atoms with Gasteiger partial charge < -0.3 is 15.2 Å². The van der Waals surface area contributed by atoms with Crippen molar-refractivity contribution in [3.63, 3.8) is 0 Å². The van der Waals surface area contributed by atoms with Crippen molar-refractivity contribution in [1.82, 2.24) is 4.90 Å². The van der Waals surface area contributed by atoms with Gasteiger partial charge in [0.05, 0.1) is 14.2 Å². The van der Waals surface area contributed by atoms with Gasteiger partial charge in [-0.3, -0.25) is 14.5 Å². The van der Waals surface area contributed by atoms with E-state index in [-0.39, 0.29) is 11.8 Å². The highest BCUT2D eigenvalue weighted by molar-refractivity contribution is 6.10. The molecule has 0 radical (unpaired) electrons. The molecular formula is C26H34N2O4. The molecule has 2 N–H and O–H groups in total. The van der Waals surface area contributed by atoms with Crippen molar-refractivity contribution in [2.24, 2.45) is 17.6 Å². The van der Waals surface area contributed by atoms with Crippen LogP contribution in [0.5, 0.6) is 11.5 Å². The molecule has 2 amide bonds. The largest absolute Gasteiger partial charge is 0.497 e. The molecule has 0 spiro atoms. The molecule has 0 aliphatic heterocycles. The first kappa shape index (κ1) is 23.8. The summed E-state index contributed by atoms with van der Waals surface area (Å²) in [7, 11) is 3.16. The Labute approximate surface area is 190 Å². The Kier molecular flexibility index (Phi) is 8.68. The molecule has 1 fully saturated rings. The van der Waals surface area contributed by atoms with E-state index >= 15 is 0 Å². The summed E-state index contributed by atoms with van der Waals surface area (Å²) >= 11 is 0. The molecule has 32 heavy (non-hydrogen) atoms. The number of hydrogen-bond acceptors (Lipinski definition) is 5. The normalized spacial score (nSPS) is 18.1. The Hall–Kier alpha value is -2.86. The highest BCUT2D eigenvalue weighted by Gasteiger charge is 2.25. The van der Waals surface area contributed by atoms with Gasteiger partial charge in [0.2, 0.25) is 0 Å². The fraction of sp³-hybridized carbons (Fsp3) is 0.462.